The lowest BCUT2D eigenvalue weighted by molar-refractivity contribution is 0.188. The molecular weight excluding hydrogens is 170 g/mol. The van der Waals surface area contributed by atoms with Crippen molar-refractivity contribution in [3.05, 3.63) is 11.7 Å². The number of rotatable bonds is 5. The van der Waals surface area contributed by atoms with Gasteiger partial charge in [-0.05, 0) is 19.8 Å². The fourth-order valence-electron chi connectivity index (χ4n) is 1.03. The molecule has 74 valence electrons. The lowest BCUT2D eigenvalue weighted by Crippen LogP contribution is -2.11. The molecule has 1 aromatic heterocycles. The second-order valence-electron chi connectivity index (χ2n) is 2.92. The average Bonchev–Trinajstić information content (AvgIpc) is 2.52. The normalized spacial score (nSPS) is 13.2. The standard InChI is InChI=1S/C8H15N3O2/c1-6-10-8(13-11-6)7(9)4-3-5-12-2/h7H,3-5,9H2,1-2H3. The van der Waals surface area contributed by atoms with Crippen LogP contribution >= 0.6 is 0 Å². The molecule has 5 heteroatoms. The van der Waals surface area contributed by atoms with E-state index in [9.17, 15) is 0 Å². The lowest BCUT2D eigenvalue weighted by atomic mass is 10.2. The van der Waals surface area contributed by atoms with E-state index in [-0.39, 0.29) is 6.04 Å². The molecule has 1 unspecified atom stereocenters. The summed E-state index contributed by atoms with van der Waals surface area (Å²) in [5.41, 5.74) is 5.80. The molecule has 0 saturated carbocycles. The van der Waals surface area contributed by atoms with E-state index < -0.39 is 0 Å². The summed E-state index contributed by atoms with van der Waals surface area (Å²) in [4.78, 5) is 4.05. The van der Waals surface area contributed by atoms with Gasteiger partial charge in [0.25, 0.3) is 0 Å². The Kier molecular flexibility index (Phi) is 3.85. The fraction of sp³-hybridized carbons (Fsp3) is 0.750. The van der Waals surface area contributed by atoms with E-state index in [1.165, 1.54) is 0 Å². The number of hydrogen-bond acceptors (Lipinski definition) is 5. The lowest BCUT2D eigenvalue weighted by Gasteiger charge is -2.04. The van der Waals surface area contributed by atoms with Gasteiger partial charge in [0.05, 0.1) is 6.04 Å². The van der Waals surface area contributed by atoms with Crippen molar-refractivity contribution in [3.63, 3.8) is 0 Å². The summed E-state index contributed by atoms with van der Waals surface area (Å²) in [5.74, 6) is 1.13. The molecule has 0 aromatic carbocycles. The van der Waals surface area contributed by atoms with Gasteiger partial charge in [0.1, 0.15) is 0 Å². The van der Waals surface area contributed by atoms with Crippen LogP contribution in [0.15, 0.2) is 4.52 Å². The highest BCUT2D eigenvalue weighted by Crippen LogP contribution is 2.12. The molecule has 0 aliphatic heterocycles. The predicted octanol–water partition coefficient (Wildman–Crippen LogP) is 0.804. The van der Waals surface area contributed by atoms with E-state index >= 15 is 0 Å². The minimum Gasteiger partial charge on any atom is -0.385 e. The van der Waals surface area contributed by atoms with Crippen molar-refractivity contribution in [1.82, 2.24) is 10.1 Å². The second-order valence-corrected chi connectivity index (χ2v) is 2.92. The maximum absolute atomic E-state index is 5.80. The third kappa shape index (κ3) is 3.12. The quantitative estimate of drug-likeness (QED) is 0.687. The van der Waals surface area contributed by atoms with Crippen molar-refractivity contribution in [2.24, 2.45) is 5.73 Å². The molecule has 13 heavy (non-hydrogen) atoms. The van der Waals surface area contributed by atoms with Gasteiger partial charge in [0, 0.05) is 13.7 Å². The minimum atomic E-state index is -0.170. The smallest absolute Gasteiger partial charge is 0.243 e. The molecule has 0 aliphatic carbocycles. The third-order valence-corrected chi connectivity index (χ3v) is 1.72. The van der Waals surface area contributed by atoms with Gasteiger partial charge in [-0.3, -0.25) is 0 Å². The minimum absolute atomic E-state index is 0.170. The number of nitrogens with zero attached hydrogens (tertiary/aromatic N) is 2. The van der Waals surface area contributed by atoms with Crippen molar-refractivity contribution in [1.29, 1.82) is 0 Å². The Hall–Kier alpha value is -0.940. The molecule has 1 atom stereocenters. The number of hydrogen-bond donors (Lipinski definition) is 1. The summed E-state index contributed by atoms with van der Waals surface area (Å²) in [7, 11) is 1.67. The van der Waals surface area contributed by atoms with Crippen molar-refractivity contribution < 1.29 is 9.26 Å². The molecule has 1 heterocycles. The monoisotopic (exact) mass is 185 g/mol. The van der Waals surface area contributed by atoms with Crippen LogP contribution in [0.1, 0.15) is 30.6 Å². The molecule has 1 rings (SSSR count). The molecule has 0 radical (unpaired) electrons. The summed E-state index contributed by atoms with van der Waals surface area (Å²) < 4.78 is 9.84. The first-order valence-corrected chi connectivity index (χ1v) is 4.28. The fourth-order valence-corrected chi connectivity index (χ4v) is 1.03. The van der Waals surface area contributed by atoms with Crippen LogP contribution in [-0.4, -0.2) is 23.9 Å². The molecule has 2 N–H and O–H groups in total. The van der Waals surface area contributed by atoms with Crippen LogP contribution in [-0.2, 0) is 4.74 Å². The molecule has 0 amide bonds. The number of methoxy groups -OCH3 is 1. The van der Waals surface area contributed by atoms with Gasteiger partial charge in [0.2, 0.25) is 5.89 Å². The van der Waals surface area contributed by atoms with Crippen LogP contribution in [0.5, 0.6) is 0 Å². The van der Waals surface area contributed by atoms with E-state index in [2.05, 4.69) is 10.1 Å². The molecule has 0 bridgehead atoms. The largest absolute Gasteiger partial charge is 0.385 e. The molecular formula is C8H15N3O2. The van der Waals surface area contributed by atoms with Gasteiger partial charge in [-0.2, -0.15) is 4.98 Å². The Balaban J connectivity index is 2.35. The maximum atomic E-state index is 5.80. The SMILES string of the molecule is COCCCC(N)c1nc(C)no1. The Labute approximate surface area is 77.3 Å². The first-order valence-electron chi connectivity index (χ1n) is 4.28. The zero-order chi connectivity index (χ0) is 9.68. The zero-order valence-corrected chi connectivity index (χ0v) is 7.99. The van der Waals surface area contributed by atoms with E-state index in [4.69, 9.17) is 15.0 Å². The van der Waals surface area contributed by atoms with E-state index in [0.29, 0.717) is 18.3 Å². The Morgan fingerprint density at radius 3 is 2.92 bits per heavy atom. The van der Waals surface area contributed by atoms with Crippen molar-refractivity contribution in [2.45, 2.75) is 25.8 Å². The van der Waals surface area contributed by atoms with E-state index in [0.717, 1.165) is 12.8 Å². The highest BCUT2D eigenvalue weighted by atomic mass is 16.5. The third-order valence-electron chi connectivity index (χ3n) is 1.72. The molecule has 0 aliphatic rings. The Morgan fingerprint density at radius 2 is 2.38 bits per heavy atom. The van der Waals surface area contributed by atoms with Crippen LogP contribution in [0.3, 0.4) is 0 Å². The molecule has 0 saturated heterocycles. The summed E-state index contributed by atoms with van der Waals surface area (Å²) >= 11 is 0. The summed E-state index contributed by atoms with van der Waals surface area (Å²) in [6.07, 6.45) is 1.70. The van der Waals surface area contributed by atoms with E-state index in [1.54, 1.807) is 14.0 Å². The highest BCUT2D eigenvalue weighted by Gasteiger charge is 2.12. The highest BCUT2D eigenvalue weighted by molar-refractivity contribution is 4.89. The van der Waals surface area contributed by atoms with Gasteiger partial charge in [-0.1, -0.05) is 5.16 Å². The Bertz CT molecular complexity index is 249. The molecule has 0 fully saturated rings. The molecule has 0 spiro atoms. The van der Waals surface area contributed by atoms with Crippen LogP contribution in [0.2, 0.25) is 0 Å². The zero-order valence-electron chi connectivity index (χ0n) is 7.99. The topological polar surface area (TPSA) is 74.2 Å². The van der Waals surface area contributed by atoms with Gasteiger partial charge in [-0.15, -0.1) is 0 Å². The maximum Gasteiger partial charge on any atom is 0.243 e. The van der Waals surface area contributed by atoms with E-state index in [1.807, 2.05) is 0 Å². The molecule has 5 nitrogen and oxygen atoms in total. The van der Waals surface area contributed by atoms with Gasteiger partial charge < -0.3 is 15.0 Å². The predicted molar refractivity (Wildman–Crippen MR) is 47.1 cm³/mol. The van der Waals surface area contributed by atoms with Crippen LogP contribution in [0.25, 0.3) is 0 Å². The van der Waals surface area contributed by atoms with Crippen molar-refractivity contribution in [2.75, 3.05) is 13.7 Å². The Morgan fingerprint density at radius 1 is 1.62 bits per heavy atom. The molecule has 1 aromatic rings. The van der Waals surface area contributed by atoms with Gasteiger partial charge in [0.15, 0.2) is 5.82 Å². The van der Waals surface area contributed by atoms with Gasteiger partial charge >= 0.3 is 0 Å². The van der Waals surface area contributed by atoms with Crippen molar-refractivity contribution >= 4 is 0 Å². The second kappa shape index (κ2) is 4.94. The van der Waals surface area contributed by atoms with Crippen molar-refractivity contribution in [3.8, 4) is 0 Å². The van der Waals surface area contributed by atoms with Crippen LogP contribution < -0.4 is 5.73 Å². The number of nitrogens with two attached hydrogens (primary N) is 1. The first kappa shape index (κ1) is 10.1. The number of aryl methyl sites for hydroxylation is 1. The van der Waals surface area contributed by atoms with Gasteiger partial charge in [-0.25, -0.2) is 0 Å². The van der Waals surface area contributed by atoms with Crippen LogP contribution in [0.4, 0.5) is 0 Å². The summed E-state index contributed by atoms with van der Waals surface area (Å²) in [6, 6.07) is -0.170. The summed E-state index contributed by atoms with van der Waals surface area (Å²) in [6.45, 7) is 2.48. The first-order chi connectivity index (χ1) is 6.24. The number of aromatic nitrogens is 2. The number of ether oxygens (including phenoxy) is 1. The average molecular weight is 185 g/mol. The summed E-state index contributed by atoms with van der Waals surface area (Å²) in [5, 5.41) is 3.67. The van der Waals surface area contributed by atoms with Crippen LogP contribution in [0, 0.1) is 6.92 Å².